The molecule has 0 spiro atoms. The van der Waals surface area contributed by atoms with Crippen molar-refractivity contribution in [2.75, 3.05) is 23.1 Å². The fourth-order valence-corrected chi connectivity index (χ4v) is 3.35. The number of carbonyl (C=O) groups excluding carboxylic acids is 1. The van der Waals surface area contributed by atoms with Gasteiger partial charge in [-0.25, -0.2) is 8.42 Å². The van der Waals surface area contributed by atoms with Gasteiger partial charge in [0, 0.05) is 12.2 Å². The largest absolute Gasteiger partial charge is 0.310 e. The third-order valence-corrected chi connectivity index (χ3v) is 4.48. The van der Waals surface area contributed by atoms with Crippen LogP contribution >= 0.6 is 11.6 Å². The first-order valence-electron chi connectivity index (χ1n) is 5.18. The molecule has 0 aromatic heterocycles. The summed E-state index contributed by atoms with van der Waals surface area (Å²) in [5.74, 6) is -0.454. The van der Waals surface area contributed by atoms with Crippen molar-refractivity contribution in [1.82, 2.24) is 0 Å². The van der Waals surface area contributed by atoms with Crippen molar-refractivity contribution >= 4 is 33.0 Å². The minimum absolute atomic E-state index is 0.0186. The minimum Gasteiger partial charge on any atom is -0.310 e. The van der Waals surface area contributed by atoms with Crippen molar-refractivity contribution in [2.45, 2.75) is 5.75 Å². The molecule has 0 aliphatic carbocycles. The fourth-order valence-electron chi connectivity index (χ4n) is 1.89. The third kappa shape index (κ3) is 2.61. The highest BCUT2D eigenvalue weighted by atomic mass is 35.5. The molecule has 0 saturated carbocycles. The van der Waals surface area contributed by atoms with Crippen LogP contribution in [0.4, 0.5) is 5.69 Å². The van der Waals surface area contributed by atoms with Gasteiger partial charge in [-0.05, 0) is 11.6 Å². The molecule has 0 fully saturated rings. The highest BCUT2D eigenvalue weighted by Crippen LogP contribution is 2.26. The van der Waals surface area contributed by atoms with Gasteiger partial charge in [0.15, 0.2) is 9.84 Å². The first-order valence-corrected chi connectivity index (χ1v) is 7.54. The minimum atomic E-state index is -3.14. The van der Waals surface area contributed by atoms with Gasteiger partial charge >= 0.3 is 0 Å². The molecule has 1 aliphatic rings. The van der Waals surface area contributed by atoms with Gasteiger partial charge in [-0.3, -0.25) is 4.79 Å². The second-order valence-corrected chi connectivity index (χ2v) is 6.35. The first kappa shape index (κ1) is 12.4. The molecule has 17 heavy (non-hydrogen) atoms. The van der Waals surface area contributed by atoms with Crippen LogP contribution in [0.5, 0.6) is 0 Å². The lowest BCUT2D eigenvalue weighted by Crippen LogP contribution is -2.34. The Bertz CT molecular complexity index is 541. The molecule has 1 heterocycles. The number of halogens is 1. The van der Waals surface area contributed by atoms with E-state index in [0.717, 1.165) is 0 Å². The number of alkyl halides is 1. The number of nitrogens with zero attached hydrogens (tertiary/aromatic N) is 1. The Morgan fingerprint density at radius 1 is 1.35 bits per heavy atom. The van der Waals surface area contributed by atoms with Gasteiger partial charge in [0.2, 0.25) is 5.91 Å². The van der Waals surface area contributed by atoms with Gasteiger partial charge in [-0.2, -0.15) is 0 Å². The summed E-state index contributed by atoms with van der Waals surface area (Å²) in [5, 5.41) is 0. The maximum atomic E-state index is 11.7. The Kier molecular flexibility index (Phi) is 3.40. The second-order valence-electron chi connectivity index (χ2n) is 3.90. The summed E-state index contributed by atoms with van der Waals surface area (Å²) in [7, 11) is -3.14. The lowest BCUT2D eigenvalue weighted by Gasteiger charge is -2.21. The quantitative estimate of drug-likeness (QED) is 0.722. The van der Waals surface area contributed by atoms with Gasteiger partial charge in [0.1, 0.15) is 5.88 Å². The normalized spacial score (nSPS) is 18.3. The standard InChI is InChI=1S/C11H12ClNO3S/c12-7-11(14)13-5-6-17(15,16)8-9-3-1-2-4-10(9)13/h1-4H,5-8H2. The van der Waals surface area contributed by atoms with Crippen LogP contribution in [0.15, 0.2) is 24.3 Å². The molecule has 0 unspecified atom stereocenters. The second kappa shape index (κ2) is 4.66. The van der Waals surface area contributed by atoms with E-state index >= 15 is 0 Å². The summed E-state index contributed by atoms with van der Waals surface area (Å²) in [5.41, 5.74) is 1.31. The summed E-state index contributed by atoms with van der Waals surface area (Å²) in [6, 6.07) is 7.03. The van der Waals surface area contributed by atoms with Crippen molar-refractivity contribution in [3.8, 4) is 0 Å². The summed E-state index contributed by atoms with van der Waals surface area (Å²) < 4.78 is 23.4. The summed E-state index contributed by atoms with van der Waals surface area (Å²) in [6.07, 6.45) is 0. The predicted octanol–water partition coefficient (Wildman–Crippen LogP) is 1.19. The van der Waals surface area contributed by atoms with E-state index < -0.39 is 9.84 Å². The molecule has 0 bridgehead atoms. The zero-order valence-corrected chi connectivity index (χ0v) is 10.7. The Hall–Kier alpha value is -1.07. The number of carbonyl (C=O) groups is 1. The molecule has 2 rings (SSSR count). The lowest BCUT2D eigenvalue weighted by molar-refractivity contribution is -0.116. The molecule has 92 valence electrons. The smallest absolute Gasteiger partial charge is 0.241 e. The SMILES string of the molecule is O=C(CCl)N1CCS(=O)(=O)Cc2ccccc21. The van der Waals surface area contributed by atoms with Gasteiger partial charge in [0.25, 0.3) is 0 Å². The maximum Gasteiger partial charge on any atom is 0.241 e. The maximum absolute atomic E-state index is 11.7. The van der Waals surface area contributed by atoms with E-state index in [9.17, 15) is 13.2 Å². The van der Waals surface area contributed by atoms with Crippen LogP contribution in [0.25, 0.3) is 0 Å². The Morgan fingerprint density at radius 3 is 2.76 bits per heavy atom. The van der Waals surface area contributed by atoms with Crippen LogP contribution in [0.3, 0.4) is 0 Å². The van der Waals surface area contributed by atoms with Crippen LogP contribution < -0.4 is 4.90 Å². The van der Waals surface area contributed by atoms with Crippen LogP contribution in [-0.2, 0) is 20.4 Å². The van der Waals surface area contributed by atoms with E-state index in [-0.39, 0.29) is 29.8 Å². The topological polar surface area (TPSA) is 54.5 Å². The molecule has 1 aliphatic heterocycles. The molecule has 1 aromatic carbocycles. The van der Waals surface area contributed by atoms with Crippen LogP contribution in [-0.4, -0.2) is 32.5 Å². The monoisotopic (exact) mass is 273 g/mol. The van der Waals surface area contributed by atoms with Gasteiger partial charge in [-0.15, -0.1) is 11.6 Å². The van der Waals surface area contributed by atoms with Crippen LogP contribution in [0.1, 0.15) is 5.56 Å². The van der Waals surface area contributed by atoms with Gasteiger partial charge < -0.3 is 4.90 Å². The summed E-state index contributed by atoms with van der Waals surface area (Å²) >= 11 is 5.54. The number of fused-ring (bicyclic) bond motifs is 1. The molecular formula is C11H12ClNO3S. The van der Waals surface area contributed by atoms with E-state index in [1.54, 1.807) is 24.3 Å². The van der Waals surface area contributed by atoms with E-state index in [1.807, 2.05) is 0 Å². The van der Waals surface area contributed by atoms with Crippen LogP contribution in [0.2, 0.25) is 0 Å². The zero-order chi connectivity index (χ0) is 12.5. The molecule has 1 aromatic rings. The number of para-hydroxylation sites is 1. The Labute approximate surface area is 105 Å². The lowest BCUT2D eigenvalue weighted by atomic mass is 10.2. The first-order chi connectivity index (χ1) is 8.03. The van der Waals surface area contributed by atoms with Crippen molar-refractivity contribution in [3.63, 3.8) is 0 Å². The number of hydrogen-bond acceptors (Lipinski definition) is 3. The van der Waals surface area contributed by atoms with Gasteiger partial charge in [0.05, 0.1) is 11.5 Å². The number of sulfone groups is 1. The van der Waals surface area contributed by atoms with Gasteiger partial charge in [-0.1, -0.05) is 18.2 Å². The van der Waals surface area contributed by atoms with Crippen molar-refractivity contribution in [3.05, 3.63) is 29.8 Å². The van der Waals surface area contributed by atoms with Crippen molar-refractivity contribution in [1.29, 1.82) is 0 Å². The van der Waals surface area contributed by atoms with Crippen LogP contribution in [0, 0.1) is 0 Å². The number of anilines is 1. The Balaban J connectivity index is 2.49. The van der Waals surface area contributed by atoms with E-state index in [1.165, 1.54) is 4.90 Å². The fraction of sp³-hybridized carbons (Fsp3) is 0.364. The number of rotatable bonds is 1. The molecular weight excluding hydrogens is 262 g/mol. The molecule has 0 saturated heterocycles. The predicted molar refractivity (Wildman–Crippen MR) is 67.0 cm³/mol. The van der Waals surface area contributed by atoms with E-state index in [0.29, 0.717) is 11.3 Å². The molecule has 4 nitrogen and oxygen atoms in total. The van der Waals surface area contributed by atoms with E-state index in [4.69, 9.17) is 11.6 Å². The number of amides is 1. The molecule has 0 N–H and O–H groups in total. The highest BCUT2D eigenvalue weighted by molar-refractivity contribution is 7.90. The molecule has 1 amide bonds. The average Bonchev–Trinajstić information content (AvgIpc) is 2.43. The highest BCUT2D eigenvalue weighted by Gasteiger charge is 2.26. The Morgan fingerprint density at radius 2 is 2.06 bits per heavy atom. The zero-order valence-electron chi connectivity index (χ0n) is 9.10. The van der Waals surface area contributed by atoms with Crippen molar-refractivity contribution < 1.29 is 13.2 Å². The summed E-state index contributed by atoms with van der Waals surface area (Å²) in [4.78, 5) is 13.1. The van der Waals surface area contributed by atoms with E-state index in [2.05, 4.69) is 0 Å². The molecule has 0 atom stereocenters. The molecule has 0 radical (unpaired) electrons. The third-order valence-electron chi connectivity index (χ3n) is 2.70. The van der Waals surface area contributed by atoms with Crippen molar-refractivity contribution in [2.24, 2.45) is 0 Å². The molecule has 6 heteroatoms. The summed E-state index contributed by atoms with van der Waals surface area (Å²) in [6.45, 7) is 0.172. The average molecular weight is 274 g/mol. The number of benzene rings is 1. The number of hydrogen-bond donors (Lipinski definition) is 0.